The van der Waals surface area contributed by atoms with Gasteiger partial charge in [0, 0.05) is 25.8 Å². The van der Waals surface area contributed by atoms with Crippen molar-refractivity contribution >= 4 is 5.91 Å². The molecule has 1 aromatic carbocycles. The molecule has 5 nitrogen and oxygen atoms in total. The Balaban J connectivity index is 1.42. The molecule has 1 saturated carbocycles. The fraction of sp³-hybridized carbons (Fsp3) is 0.650. The van der Waals surface area contributed by atoms with E-state index in [4.69, 9.17) is 9.47 Å². The summed E-state index contributed by atoms with van der Waals surface area (Å²) in [5.41, 5.74) is 3.09. The molecule has 0 bridgehead atoms. The molecular weight excluding hydrogens is 318 g/mol. The summed E-state index contributed by atoms with van der Waals surface area (Å²) in [6.45, 7) is 5.64. The molecule has 0 radical (unpaired) electrons. The number of aliphatic hydroxyl groups excluding tert-OH is 1. The van der Waals surface area contributed by atoms with Crippen LogP contribution in [0, 0.1) is 19.8 Å². The molecule has 25 heavy (non-hydrogen) atoms. The van der Waals surface area contributed by atoms with Gasteiger partial charge in [-0.3, -0.25) is 4.79 Å². The minimum atomic E-state index is -0.669. The quantitative estimate of drug-likeness (QED) is 0.859. The zero-order chi connectivity index (χ0) is 17.9. The number of carbonyl (C=O) groups excluding carboxylic acids is 1. The molecule has 1 saturated heterocycles. The zero-order valence-corrected chi connectivity index (χ0v) is 15.2. The number of amides is 1. The number of ether oxygens (including phenoxy) is 2. The average Bonchev–Trinajstić information content (AvgIpc) is 3.02. The van der Waals surface area contributed by atoms with Crippen molar-refractivity contribution in [1.29, 1.82) is 0 Å². The van der Waals surface area contributed by atoms with Crippen LogP contribution < -0.4 is 5.32 Å². The molecule has 1 aliphatic heterocycles. The summed E-state index contributed by atoms with van der Waals surface area (Å²) in [6, 6.07) is 6.00. The van der Waals surface area contributed by atoms with Crippen molar-refractivity contribution in [3.05, 3.63) is 34.9 Å². The van der Waals surface area contributed by atoms with Gasteiger partial charge in [-0.2, -0.15) is 0 Å². The van der Waals surface area contributed by atoms with E-state index in [2.05, 4.69) is 11.4 Å². The first kappa shape index (κ1) is 18.4. The van der Waals surface area contributed by atoms with Crippen LogP contribution in [0.3, 0.4) is 0 Å². The fourth-order valence-electron chi connectivity index (χ4n) is 3.97. The summed E-state index contributed by atoms with van der Waals surface area (Å²) in [6.07, 6.45) is 3.49. The SMILES string of the molecule is Cc1cc(C)cc([C@@H](O)CNC(=O)CC2CCC3(CC2)OCCO3)c1. The van der Waals surface area contributed by atoms with Crippen molar-refractivity contribution < 1.29 is 19.4 Å². The summed E-state index contributed by atoms with van der Waals surface area (Å²) in [5, 5.41) is 13.2. The van der Waals surface area contributed by atoms with E-state index in [0.29, 0.717) is 25.6 Å². The van der Waals surface area contributed by atoms with Gasteiger partial charge in [-0.1, -0.05) is 29.3 Å². The second-order valence-corrected chi connectivity index (χ2v) is 7.50. The van der Waals surface area contributed by atoms with Gasteiger partial charge in [-0.25, -0.2) is 0 Å². The van der Waals surface area contributed by atoms with Crippen molar-refractivity contribution in [3.8, 4) is 0 Å². The minimum absolute atomic E-state index is 0.0117. The zero-order valence-electron chi connectivity index (χ0n) is 15.2. The van der Waals surface area contributed by atoms with E-state index in [9.17, 15) is 9.90 Å². The van der Waals surface area contributed by atoms with Gasteiger partial charge >= 0.3 is 0 Å². The molecule has 2 aliphatic rings. The number of benzene rings is 1. The van der Waals surface area contributed by atoms with Crippen LogP contribution in [0.1, 0.15) is 54.9 Å². The maximum Gasteiger partial charge on any atom is 0.220 e. The predicted molar refractivity (Wildman–Crippen MR) is 95.1 cm³/mol. The summed E-state index contributed by atoms with van der Waals surface area (Å²) in [7, 11) is 0. The minimum Gasteiger partial charge on any atom is -0.387 e. The fourth-order valence-corrected chi connectivity index (χ4v) is 3.97. The van der Waals surface area contributed by atoms with Crippen LogP contribution in [0.2, 0.25) is 0 Å². The highest BCUT2D eigenvalue weighted by atomic mass is 16.7. The van der Waals surface area contributed by atoms with Gasteiger partial charge in [0.05, 0.1) is 19.3 Å². The lowest BCUT2D eigenvalue weighted by Gasteiger charge is -2.35. The molecule has 3 rings (SSSR count). The summed E-state index contributed by atoms with van der Waals surface area (Å²) >= 11 is 0. The Morgan fingerprint density at radius 1 is 1.20 bits per heavy atom. The molecule has 0 aromatic heterocycles. The van der Waals surface area contributed by atoms with E-state index in [0.717, 1.165) is 42.4 Å². The molecular formula is C20H29NO4. The maximum absolute atomic E-state index is 12.2. The van der Waals surface area contributed by atoms with Gasteiger partial charge in [0.15, 0.2) is 5.79 Å². The number of hydrogen-bond donors (Lipinski definition) is 2. The first-order valence-corrected chi connectivity index (χ1v) is 9.27. The van der Waals surface area contributed by atoms with Gasteiger partial charge in [-0.05, 0) is 38.2 Å². The van der Waals surface area contributed by atoms with Gasteiger partial charge < -0.3 is 19.9 Å². The predicted octanol–water partition coefficient (Wildman–Crippen LogP) is 2.78. The van der Waals surface area contributed by atoms with Crippen LogP contribution in [0.15, 0.2) is 18.2 Å². The first-order chi connectivity index (χ1) is 12.0. The molecule has 1 amide bonds. The standard InChI is InChI=1S/C20H29NO4/c1-14-9-15(2)11-17(10-14)18(22)13-21-19(23)12-16-3-5-20(6-4-16)24-7-8-25-20/h9-11,16,18,22H,3-8,12-13H2,1-2H3,(H,21,23)/t18-/m0/s1. The smallest absolute Gasteiger partial charge is 0.220 e. The second kappa shape index (κ2) is 7.85. The van der Waals surface area contributed by atoms with Crippen LogP contribution >= 0.6 is 0 Å². The van der Waals surface area contributed by atoms with Crippen LogP contribution in [0.5, 0.6) is 0 Å². The highest BCUT2D eigenvalue weighted by molar-refractivity contribution is 5.76. The summed E-state index contributed by atoms with van der Waals surface area (Å²) < 4.78 is 11.5. The molecule has 1 spiro atoms. The Labute approximate surface area is 149 Å². The van der Waals surface area contributed by atoms with Gasteiger partial charge in [0.2, 0.25) is 5.91 Å². The molecule has 0 unspecified atom stereocenters. The maximum atomic E-state index is 12.2. The largest absolute Gasteiger partial charge is 0.387 e. The third-order valence-corrected chi connectivity index (χ3v) is 5.28. The first-order valence-electron chi connectivity index (χ1n) is 9.27. The number of aryl methyl sites for hydroxylation is 2. The van der Waals surface area contributed by atoms with Crippen molar-refractivity contribution in [2.75, 3.05) is 19.8 Å². The molecule has 1 aromatic rings. The number of nitrogens with one attached hydrogen (secondary N) is 1. The monoisotopic (exact) mass is 347 g/mol. The highest BCUT2D eigenvalue weighted by Gasteiger charge is 2.40. The van der Waals surface area contributed by atoms with E-state index in [1.165, 1.54) is 0 Å². The van der Waals surface area contributed by atoms with Crippen LogP contribution in [-0.4, -0.2) is 36.6 Å². The Bertz CT molecular complexity index is 579. The molecule has 138 valence electrons. The second-order valence-electron chi connectivity index (χ2n) is 7.50. The Kier molecular flexibility index (Phi) is 5.77. The van der Waals surface area contributed by atoms with Crippen LogP contribution in [-0.2, 0) is 14.3 Å². The number of aliphatic hydroxyl groups is 1. The van der Waals surface area contributed by atoms with Gasteiger partial charge in [0.25, 0.3) is 0 Å². The number of rotatable bonds is 5. The third kappa shape index (κ3) is 4.81. The Hall–Kier alpha value is -1.43. The van der Waals surface area contributed by atoms with Crippen LogP contribution in [0.25, 0.3) is 0 Å². The van der Waals surface area contributed by atoms with Crippen molar-refractivity contribution in [2.24, 2.45) is 5.92 Å². The van der Waals surface area contributed by atoms with E-state index >= 15 is 0 Å². The number of carbonyl (C=O) groups is 1. The lowest BCUT2D eigenvalue weighted by Crippen LogP contribution is -2.37. The third-order valence-electron chi connectivity index (χ3n) is 5.28. The van der Waals surface area contributed by atoms with E-state index in [1.807, 2.05) is 26.0 Å². The molecule has 1 aliphatic carbocycles. The molecule has 1 heterocycles. The lowest BCUT2D eigenvalue weighted by molar-refractivity contribution is -0.183. The summed E-state index contributed by atoms with van der Waals surface area (Å²) in [5.74, 6) is 0.0149. The molecule has 2 N–H and O–H groups in total. The molecule has 1 atom stereocenters. The Morgan fingerprint density at radius 2 is 1.80 bits per heavy atom. The molecule has 5 heteroatoms. The molecule has 2 fully saturated rings. The van der Waals surface area contributed by atoms with E-state index < -0.39 is 6.10 Å². The van der Waals surface area contributed by atoms with Gasteiger partial charge in [0.1, 0.15) is 0 Å². The van der Waals surface area contributed by atoms with Crippen molar-refractivity contribution in [2.45, 2.75) is 57.8 Å². The summed E-state index contributed by atoms with van der Waals surface area (Å²) in [4.78, 5) is 12.2. The van der Waals surface area contributed by atoms with E-state index in [-0.39, 0.29) is 18.2 Å². The normalized spacial score (nSPS) is 21.4. The topological polar surface area (TPSA) is 67.8 Å². The lowest BCUT2D eigenvalue weighted by atomic mass is 9.83. The van der Waals surface area contributed by atoms with E-state index in [1.54, 1.807) is 0 Å². The average molecular weight is 347 g/mol. The Morgan fingerprint density at radius 3 is 2.40 bits per heavy atom. The van der Waals surface area contributed by atoms with Crippen LogP contribution in [0.4, 0.5) is 0 Å². The highest BCUT2D eigenvalue weighted by Crippen LogP contribution is 2.39. The van der Waals surface area contributed by atoms with Crippen molar-refractivity contribution in [1.82, 2.24) is 5.32 Å². The van der Waals surface area contributed by atoms with Crippen molar-refractivity contribution in [3.63, 3.8) is 0 Å². The number of hydrogen-bond acceptors (Lipinski definition) is 4. The van der Waals surface area contributed by atoms with Gasteiger partial charge in [-0.15, -0.1) is 0 Å².